The Morgan fingerprint density at radius 3 is 2.21 bits per heavy atom. The van der Waals surface area contributed by atoms with E-state index in [0.29, 0.717) is 0 Å². The molecule has 0 aliphatic heterocycles. The van der Waals surface area contributed by atoms with Crippen molar-refractivity contribution in [1.82, 2.24) is 0 Å². The second-order valence-electron chi connectivity index (χ2n) is 4.86. The third-order valence-corrected chi connectivity index (χ3v) is 4.21. The predicted molar refractivity (Wildman–Crippen MR) is 84.3 cm³/mol. The Bertz CT molecular complexity index is 544. The molecule has 2 heteroatoms. The maximum atomic E-state index is 6.54. The molecule has 0 nitrogen and oxygen atoms in total. The molecule has 19 heavy (non-hydrogen) atoms. The molecule has 1 atom stereocenters. The van der Waals surface area contributed by atoms with Crippen molar-refractivity contribution >= 4 is 23.2 Å². The van der Waals surface area contributed by atoms with Crippen LogP contribution in [0.4, 0.5) is 0 Å². The van der Waals surface area contributed by atoms with Crippen molar-refractivity contribution < 1.29 is 0 Å². The zero-order valence-corrected chi connectivity index (χ0v) is 12.8. The van der Waals surface area contributed by atoms with Gasteiger partial charge in [0.2, 0.25) is 0 Å². The molecule has 0 N–H and O–H groups in total. The lowest BCUT2D eigenvalue weighted by atomic mass is 10.0. The Morgan fingerprint density at radius 1 is 1.00 bits per heavy atom. The van der Waals surface area contributed by atoms with E-state index in [1.807, 2.05) is 19.1 Å². The first-order valence-corrected chi connectivity index (χ1v) is 7.42. The Kier molecular flexibility index (Phi) is 4.90. The van der Waals surface area contributed by atoms with E-state index in [4.69, 9.17) is 23.2 Å². The SMILES string of the molecule is CCCc1ccc(C(Cl)c2ccc(Cl)c(C)c2)cc1. The van der Waals surface area contributed by atoms with E-state index >= 15 is 0 Å². The minimum absolute atomic E-state index is 0.119. The van der Waals surface area contributed by atoms with Gasteiger partial charge >= 0.3 is 0 Å². The van der Waals surface area contributed by atoms with E-state index in [9.17, 15) is 0 Å². The van der Waals surface area contributed by atoms with Crippen LogP contribution in [-0.4, -0.2) is 0 Å². The molecule has 1 unspecified atom stereocenters. The first-order chi connectivity index (χ1) is 9.11. The standard InChI is InChI=1S/C17H18Cl2/c1-3-4-13-5-7-14(8-6-13)17(19)15-9-10-16(18)12(2)11-15/h5-11,17H,3-4H2,1-2H3. The summed E-state index contributed by atoms with van der Waals surface area (Å²) in [6, 6.07) is 14.5. The minimum atomic E-state index is -0.119. The summed E-state index contributed by atoms with van der Waals surface area (Å²) in [5.41, 5.74) is 4.64. The minimum Gasteiger partial charge on any atom is -0.113 e. The Morgan fingerprint density at radius 2 is 1.63 bits per heavy atom. The van der Waals surface area contributed by atoms with Crippen LogP contribution in [0.3, 0.4) is 0 Å². The summed E-state index contributed by atoms with van der Waals surface area (Å²) in [5, 5.41) is 0.664. The van der Waals surface area contributed by atoms with E-state index in [-0.39, 0.29) is 5.38 Å². The van der Waals surface area contributed by atoms with Crippen LogP contribution in [0.15, 0.2) is 42.5 Å². The fraction of sp³-hybridized carbons (Fsp3) is 0.294. The van der Waals surface area contributed by atoms with Crippen molar-refractivity contribution in [3.8, 4) is 0 Å². The van der Waals surface area contributed by atoms with Crippen molar-refractivity contribution in [2.75, 3.05) is 0 Å². The largest absolute Gasteiger partial charge is 0.113 e. The average Bonchev–Trinajstić information content (AvgIpc) is 2.42. The summed E-state index contributed by atoms with van der Waals surface area (Å²) >= 11 is 12.6. The topological polar surface area (TPSA) is 0 Å². The highest BCUT2D eigenvalue weighted by atomic mass is 35.5. The normalized spacial score (nSPS) is 12.4. The second kappa shape index (κ2) is 6.45. The van der Waals surface area contributed by atoms with E-state index < -0.39 is 0 Å². The molecule has 2 rings (SSSR count). The average molecular weight is 293 g/mol. The molecule has 0 fully saturated rings. The molecular formula is C17H18Cl2. The van der Waals surface area contributed by atoms with Crippen LogP contribution in [0.5, 0.6) is 0 Å². The smallest absolute Gasteiger partial charge is 0.0835 e. The first-order valence-electron chi connectivity index (χ1n) is 6.60. The molecule has 0 heterocycles. The molecular weight excluding hydrogens is 275 g/mol. The summed E-state index contributed by atoms with van der Waals surface area (Å²) in [4.78, 5) is 0. The van der Waals surface area contributed by atoms with Crippen LogP contribution < -0.4 is 0 Å². The summed E-state index contributed by atoms with van der Waals surface area (Å²) in [7, 11) is 0. The van der Waals surface area contributed by atoms with Gasteiger partial charge in [-0.15, -0.1) is 11.6 Å². The predicted octanol–water partition coefficient (Wildman–Crippen LogP) is 5.93. The molecule has 2 aromatic rings. The molecule has 100 valence electrons. The van der Waals surface area contributed by atoms with Crippen molar-refractivity contribution in [1.29, 1.82) is 0 Å². The van der Waals surface area contributed by atoms with Crippen molar-refractivity contribution in [2.45, 2.75) is 32.1 Å². The maximum Gasteiger partial charge on any atom is 0.0835 e. The van der Waals surface area contributed by atoms with Gasteiger partial charge in [0.25, 0.3) is 0 Å². The summed E-state index contributed by atoms with van der Waals surface area (Å²) < 4.78 is 0. The Labute approximate surface area is 125 Å². The quantitative estimate of drug-likeness (QED) is 0.613. The van der Waals surface area contributed by atoms with Gasteiger partial charge in [0.15, 0.2) is 0 Å². The van der Waals surface area contributed by atoms with Crippen LogP contribution in [0, 0.1) is 6.92 Å². The van der Waals surface area contributed by atoms with Crippen LogP contribution in [0.1, 0.15) is 41.0 Å². The lowest BCUT2D eigenvalue weighted by molar-refractivity contribution is 0.920. The lowest BCUT2D eigenvalue weighted by Gasteiger charge is -2.12. The third kappa shape index (κ3) is 3.52. The van der Waals surface area contributed by atoms with E-state index in [2.05, 4.69) is 37.3 Å². The highest BCUT2D eigenvalue weighted by Gasteiger charge is 2.11. The maximum absolute atomic E-state index is 6.54. The number of rotatable bonds is 4. The molecule has 2 aromatic carbocycles. The molecule has 0 aromatic heterocycles. The molecule has 0 amide bonds. The molecule has 0 aliphatic carbocycles. The molecule has 0 saturated carbocycles. The first kappa shape index (κ1) is 14.4. The number of alkyl halides is 1. The van der Waals surface area contributed by atoms with E-state index in [1.165, 1.54) is 12.0 Å². The fourth-order valence-electron chi connectivity index (χ4n) is 2.16. The number of benzene rings is 2. The van der Waals surface area contributed by atoms with Gasteiger partial charge in [-0.1, -0.05) is 61.3 Å². The van der Waals surface area contributed by atoms with E-state index in [1.54, 1.807) is 0 Å². The van der Waals surface area contributed by atoms with Gasteiger partial charge in [0.05, 0.1) is 5.38 Å². The summed E-state index contributed by atoms with van der Waals surface area (Å²) in [5.74, 6) is 0. The van der Waals surface area contributed by atoms with Gasteiger partial charge in [-0.3, -0.25) is 0 Å². The highest BCUT2D eigenvalue weighted by molar-refractivity contribution is 6.31. The van der Waals surface area contributed by atoms with Crippen molar-refractivity contribution in [3.05, 3.63) is 69.7 Å². The molecule has 0 saturated heterocycles. The number of halogens is 2. The van der Waals surface area contributed by atoms with Gasteiger partial charge in [0, 0.05) is 5.02 Å². The van der Waals surface area contributed by atoms with Crippen LogP contribution >= 0.6 is 23.2 Å². The monoisotopic (exact) mass is 292 g/mol. The number of hydrogen-bond acceptors (Lipinski definition) is 0. The van der Waals surface area contributed by atoms with Crippen LogP contribution in [0.2, 0.25) is 5.02 Å². The van der Waals surface area contributed by atoms with E-state index in [0.717, 1.165) is 28.1 Å². The van der Waals surface area contributed by atoms with Crippen molar-refractivity contribution in [3.63, 3.8) is 0 Å². The van der Waals surface area contributed by atoms with Gasteiger partial charge < -0.3 is 0 Å². The molecule has 0 radical (unpaired) electrons. The third-order valence-electron chi connectivity index (χ3n) is 3.29. The molecule has 0 aliphatic rings. The van der Waals surface area contributed by atoms with Crippen LogP contribution in [0.25, 0.3) is 0 Å². The lowest BCUT2D eigenvalue weighted by Crippen LogP contribution is -1.95. The Balaban J connectivity index is 2.22. The second-order valence-corrected chi connectivity index (χ2v) is 5.71. The molecule has 0 spiro atoms. The molecule has 0 bridgehead atoms. The Hall–Kier alpha value is -0.980. The van der Waals surface area contributed by atoms with Crippen LogP contribution in [-0.2, 0) is 6.42 Å². The van der Waals surface area contributed by atoms with Gasteiger partial charge in [-0.05, 0) is 41.7 Å². The number of aryl methyl sites for hydroxylation is 2. The van der Waals surface area contributed by atoms with Gasteiger partial charge in [-0.2, -0.15) is 0 Å². The summed E-state index contributed by atoms with van der Waals surface area (Å²) in [6.07, 6.45) is 2.29. The van der Waals surface area contributed by atoms with Gasteiger partial charge in [-0.25, -0.2) is 0 Å². The number of hydrogen-bond donors (Lipinski definition) is 0. The summed E-state index contributed by atoms with van der Waals surface area (Å²) in [6.45, 7) is 4.19. The zero-order valence-electron chi connectivity index (χ0n) is 11.3. The fourth-order valence-corrected chi connectivity index (χ4v) is 2.56. The zero-order chi connectivity index (χ0) is 13.8. The highest BCUT2D eigenvalue weighted by Crippen LogP contribution is 2.31. The van der Waals surface area contributed by atoms with Crippen molar-refractivity contribution in [2.24, 2.45) is 0 Å². The van der Waals surface area contributed by atoms with Gasteiger partial charge in [0.1, 0.15) is 0 Å².